The minimum atomic E-state index is 0.194. The third-order valence-electron chi connectivity index (χ3n) is 3.06. The smallest absolute Gasteiger partial charge is 0.0577 e. The van der Waals surface area contributed by atoms with Crippen molar-refractivity contribution in [2.24, 2.45) is 0 Å². The Kier molecular flexibility index (Phi) is 5.25. The monoisotopic (exact) mass is 385 g/mol. The van der Waals surface area contributed by atoms with Crippen LogP contribution in [0.25, 0.3) is 0 Å². The van der Waals surface area contributed by atoms with E-state index in [1.807, 2.05) is 0 Å². The normalized spacial score (nSPS) is 12.4. The summed E-state index contributed by atoms with van der Waals surface area (Å²) in [6.07, 6.45) is 0. The zero-order chi connectivity index (χ0) is 13.8. The van der Waals surface area contributed by atoms with Gasteiger partial charge in [-0.1, -0.05) is 54.4 Å². The van der Waals surface area contributed by atoms with Crippen molar-refractivity contribution >= 4 is 34.2 Å². The lowest BCUT2D eigenvalue weighted by Gasteiger charge is -2.20. The summed E-state index contributed by atoms with van der Waals surface area (Å²) >= 11 is 8.49. The van der Waals surface area contributed by atoms with Gasteiger partial charge in [0.2, 0.25) is 0 Å². The van der Waals surface area contributed by atoms with Gasteiger partial charge in [-0.15, -0.1) is 0 Å². The van der Waals surface area contributed by atoms with E-state index >= 15 is 0 Å². The fourth-order valence-corrected chi connectivity index (χ4v) is 2.70. The third-order valence-corrected chi connectivity index (χ3v) is 4.63. The molecule has 100 valence electrons. The fourth-order valence-electron chi connectivity index (χ4n) is 2.17. The van der Waals surface area contributed by atoms with Gasteiger partial charge in [-0.25, -0.2) is 0 Å². The molecule has 3 heteroatoms. The summed E-state index contributed by atoms with van der Waals surface area (Å²) in [6.45, 7) is 5.16. The Labute approximate surface area is 133 Å². The first kappa shape index (κ1) is 14.8. The number of halogens is 2. The molecule has 2 aromatic carbocycles. The van der Waals surface area contributed by atoms with Crippen LogP contribution < -0.4 is 5.32 Å². The maximum Gasteiger partial charge on any atom is 0.0577 e. The molecular weight excluding hydrogens is 369 g/mol. The lowest BCUT2D eigenvalue weighted by atomic mass is 9.97. The van der Waals surface area contributed by atoms with E-state index in [1.165, 1.54) is 16.7 Å². The van der Waals surface area contributed by atoms with Crippen LogP contribution in [-0.2, 0) is 0 Å². The van der Waals surface area contributed by atoms with Gasteiger partial charge in [-0.05, 0) is 59.3 Å². The van der Waals surface area contributed by atoms with Gasteiger partial charge in [0.15, 0.2) is 0 Å². The van der Waals surface area contributed by atoms with E-state index in [1.54, 1.807) is 0 Å². The molecule has 0 spiro atoms. The van der Waals surface area contributed by atoms with E-state index in [0.29, 0.717) is 0 Å². The minimum Gasteiger partial charge on any atom is -0.307 e. The molecule has 1 atom stereocenters. The van der Waals surface area contributed by atoms with E-state index in [2.05, 4.69) is 84.2 Å². The Morgan fingerprint density at radius 3 is 2.53 bits per heavy atom. The van der Waals surface area contributed by atoms with Crippen LogP contribution >= 0.6 is 34.2 Å². The number of aryl methyl sites for hydroxylation is 1. The van der Waals surface area contributed by atoms with Gasteiger partial charge in [-0.2, -0.15) is 0 Å². The average Bonchev–Trinajstić information content (AvgIpc) is 2.39. The summed E-state index contributed by atoms with van der Waals surface area (Å²) in [7, 11) is 0. The SMILES string of the molecule is CCNC(c1cccc(C)c1)c1ccc(I)c(Cl)c1. The van der Waals surface area contributed by atoms with Crippen molar-refractivity contribution in [2.45, 2.75) is 19.9 Å². The molecule has 0 aromatic heterocycles. The largest absolute Gasteiger partial charge is 0.307 e. The molecule has 0 amide bonds. The van der Waals surface area contributed by atoms with Crippen LogP contribution in [0.4, 0.5) is 0 Å². The number of hydrogen-bond donors (Lipinski definition) is 1. The van der Waals surface area contributed by atoms with E-state index in [9.17, 15) is 0 Å². The summed E-state index contributed by atoms with van der Waals surface area (Å²) in [5, 5.41) is 4.34. The molecule has 0 heterocycles. The minimum absolute atomic E-state index is 0.194. The highest BCUT2D eigenvalue weighted by Gasteiger charge is 2.14. The molecule has 2 rings (SSSR count). The fraction of sp³-hybridized carbons (Fsp3) is 0.250. The number of nitrogens with one attached hydrogen (secondary N) is 1. The highest BCUT2D eigenvalue weighted by molar-refractivity contribution is 14.1. The molecule has 0 aliphatic heterocycles. The van der Waals surface area contributed by atoms with Crippen LogP contribution in [0.5, 0.6) is 0 Å². The lowest BCUT2D eigenvalue weighted by Crippen LogP contribution is -2.22. The quantitative estimate of drug-likeness (QED) is 0.734. The van der Waals surface area contributed by atoms with Crippen molar-refractivity contribution in [2.75, 3.05) is 6.54 Å². The first-order valence-electron chi connectivity index (χ1n) is 6.36. The Bertz CT molecular complexity index is 568. The van der Waals surface area contributed by atoms with Crippen LogP contribution in [0.3, 0.4) is 0 Å². The zero-order valence-corrected chi connectivity index (χ0v) is 14.0. The van der Waals surface area contributed by atoms with Crippen LogP contribution in [-0.4, -0.2) is 6.54 Å². The second-order valence-corrected chi connectivity index (χ2v) is 6.15. The van der Waals surface area contributed by atoms with Gasteiger partial charge < -0.3 is 5.32 Å². The molecule has 19 heavy (non-hydrogen) atoms. The summed E-state index contributed by atoms with van der Waals surface area (Å²) in [6, 6.07) is 15.1. The maximum atomic E-state index is 6.24. The van der Waals surface area contributed by atoms with E-state index < -0.39 is 0 Å². The molecule has 1 unspecified atom stereocenters. The van der Waals surface area contributed by atoms with Gasteiger partial charge in [0.05, 0.1) is 11.1 Å². The molecule has 1 nitrogen and oxygen atoms in total. The van der Waals surface area contributed by atoms with Gasteiger partial charge in [-0.3, -0.25) is 0 Å². The van der Waals surface area contributed by atoms with Crippen LogP contribution in [0, 0.1) is 10.5 Å². The van der Waals surface area contributed by atoms with Crippen molar-refractivity contribution in [3.05, 3.63) is 67.7 Å². The first-order valence-corrected chi connectivity index (χ1v) is 7.82. The first-order chi connectivity index (χ1) is 9.11. The van der Waals surface area contributed by atoms with E-state index in [0.717, 1.165) is 15.1 Å². The van der Waals surface area contributed by atoms with Gasteiger partial charge in [0.25, 0.3) is 0 Å². The highest BCUT2D eigenvalue weighted by atomic mass is 127. The molecule has 0 bridgehead atoms. The second kappa shape index (κ2) is 6.73. The molecule has 0 fully saturated rings. The van der Waals surface area contributed by atoms with Gasteiger partial charge in [0.1, 0.15) is 0 Å². The standard InChI is InChI=1S/C16H17ClIN/c1-3-19-16(12-6-4-5-11(2)9-12)13-7-8-15(18)14(17)10-13/h4-10,16,19H,3H2,1-2H3. The summed E-state index contributed by atoms with van der Waals surface area (Å²) in [5.74, 6) is 0. The molecule has 0 saturated heterocycles. The molecule has 0 saturated carbocycles. The topological polar surface area (TPSA) is 12.0 Å². The van der Waals surface area contributed by atoms with E-state index in [4.69, 9.17) is 11.6 Å². The van der Waals surface area contributed by atoms with Crippen LogP contribution in [0.15, 0.2) is 42.5 Å². The third kappa shape index (κ3) is 3.71. The molecular formula is C16H17ClIN. The summed E-state index contributed by atoms with van der Waals surface area (Å²) in [4.78, 5) is 0. The molecule has 2 aromatic rings. The predicted octanol–water partition coefficient (Wildman–Crippen LogP) is 4.95. The highest BCUT2D eigenvalue weighted by Crippen LogP contribution is 2.27. The molecule has 0 aliphatic carbocycles. The molecule has 0 aliphatic rings. The lowest BCUT2D eigenvalue weighted by molar-refractivity contribution is 0.630. The van der Waals surface area contributed by atoms with Gasteiger partial charge in [0, 0.05) is 3.57 Å². The average molecular weight is 386 g/mol. The number of hydrogen-bond acceptors (Lipinski definition) is 1. The predicted molar refractivity (Wildman–Crippen MR) is 90.9 cm³/mol. The van der Waals surface area contributed by atoms with Crippen LogP contribution in [0.2, 0.25) is 5.02 Å². The van der Waals surface area contributed by atoms with Crippen molar-refractivity contribution in [3.63, 3.8) is 0 Å². The van der Waals surface area contributed by atoms with Crippen LogP contribution in [0.1, 0.15) is 29.7 Å². The molecule has 0 radical (unpaired) electrons. The van der Waals surface area contributed by atoms with Crippen molar-refractivity contribution in [3.8, 4) is 0 Å². The molecule has 1 N–H and O–H groups in total. The summed E-state index contributed by atoms with van der Waals surface area (Å²) in [5.41, 5.74) is 3.76. The van der Waals surface area contributed by atoms with E-state index in [-0.39, 0.29) is 6.04 Å². The Morgan fingerprint density at radius 1 is 1.16 bits per heavy atom. The Hall–Kier alpha value is -0.580. The second-order valence-electron chi connectivity index (χ2n) is 4.58. The van der Waals surface area contributed by atoms with Gasteiger partial charge >= 0.3 is 0 Å². The Balaban J connectivity index is 2.42. The maximum absolute atomic E-state index is 6.24. The summed E-state index contributed by atoms with van der Waals surface area (Å²) < 4.78 is 1.09. The zero-order valence-electron chi connectivity index (χ0n) is 11.1. The number of rotatable bonds is 4. The van der Waals surface area contributed by atoms with Crippen molar-refractivity contribution < 1.29 is 0 Å². The number of benzene rings is 2. The Morgan fingerprint density at radius 2 is 1.89 bits per heavy atom. The van der Waals surface area contributed by atoms with Crippen molar-refractivity contribution in [1.82, 2.24) is 5.32 Å². The van der Waals surface area contributed by atoms with Crippen molar-refractivity contribution in [1.29, 1.82) is 0 Å².